The molecule has 0 radical (unpaired) electrons. The Balaban J connectivity index is 1.88. The molecular formula is C14H15ClN2O3. The lowest BCUT2D eigenvalue weighted by atomic mass is 10.1. The molecule has 3 rings (SSSR count). The van der Waals surface area contributed by atoms with Crippen molar-refractivity contribution in [2.45, 2.75) is 31.7 Å². The van der Waals surface area contributed by atoms with Gasteiger partial charge >= 0.3 is 0 Å². The summed E-state index contributed by atoms with van der Waals surface area (Å²) in [6, 6.07) is 4.69. The fourth-order valence-electron chi connectivity index (χ4n) is 2.34. The molecule has 0 bridgehead atoms. The molecule has 6 heteroatoms. The zero-order valence-electron chi connectivity index (χ0n) is 10.9. The highest BCUT2D eigenvalue weighted by Crippen LogP contribution is 2.37. The van der Waals surface area contributed by atoms with Crippen LogP contribution in [0.2, 0.25) is 5.02 Å². The first-order chi connectivity index (χ1) is 9.58. The summed E-state index contributed by atoms with van der Waals surface area (Å²) in [6.07, 6.45) is 4.37. The van der Waals surface area contributed by atoms with Crippen molar-refractivity contribution in [2.75, 3.05) is 6.54 Å². The Kier molecular flexibility index (Phi) is 3.38. The summed E-state index contributed by atoms with van der Waals surface area (Å²) in [5.74, 6) is 0.421. The minimum atomic E-state index is -0.554. The molecule has 0 spiro atoms. The van der Waals surface area contributed by atoms with Crippen molar-refractivity contribution >= 4 is 23.2 Å². The largest absolute Gasteiger partial charge is 0.335 e. The Bertz CT molecular complexity index is 568. The molecule has 1 aromatic carbocycles. The second-order valence-electron chi connectivity index (χ2n) is 5.53. The summed E-state index contributed by atoms with van der Waals surface area (Å²) >= 11 is 6.03. The molecule has 0 unspecified atom stereocenters. The first-order valence-corrected chi connectivity index (χ1v) is 7.19. The number of benzene rings is 1. The third-order valence-corrected chi connectivity index (χ3v) is 4.20. The van der Waals surface area contributed by atoms with Gasteiger partial charge in [0.1, 0.15) is 5.02 Å². The van der Waals surface area contributed by atoms with Gasteiger partial charge in [-0.25, -0.2) is 0 Å². The van der Waals surface area contributed by atoms with Crippen LogP contribution >= 0.6 is 11.6 Å². The molecule has 5 nitrogen and oxygen atoms in total. The van der Waals surface area contributed by atoms with Crippen LogP contribution in [0.1, 0.15) is 36.0 Å². The molecule has 106 valence electrons. The number of nitro groups is 1. The van der Waals surface area contributed by atoms with Crippen LogP contribution in [0.25, 0.3) is 0 Å². The van der Waals surface area contributed by atoms with E-state index in [2.05, 4.69) is 0 Å². The summed E-state index contributed by atoms with van der Waals surface area (Å²) in [6.45, 7) is 0.753. The fourth-order valence-corrected chi connectivity index (χ4v) is 2.62. The van der Waals surface area contributed by atoms with E-state index in [9.17, 15) is 14.9 Å². The van der Waals surface area contributed by atoms with Crippen LogP contribution in [0.15, 0.2) is 18.2 Å². The molecule has 0 saturated heterocycles. The van der Waals surface area contributed by atoms with Crippen molar-refractivity contribution < 1.29 is 9.72 Å². The Morgan fingerprint density at radius 1 is 1.35 bits per heavy atom. The Morgan fingerprint density at radius 2 is 2.05 bits per heavy atom. The minimum Gasteiger partial charge on any atom is -0.335 e. The van der Waals surface area contributed by atoms with Crippen LogP contribution in [0.3, 0.4) is 0 Å². The van der Waals surface area contributed by atoms with Crippen LogP contribution in [-0.2, 0) is 0 Å². The lowest BCUT2D eigenvalue weighted by Gasteiger charge is -2.22. The maximum absolute atomic E-state index is 12.6. The molecule has 2 fully saturated rings. The van der Waals surface area contributed by atoms with E-state index in [-0.39, 0.29) is 22.2 Å². The average Bonchev–Trinajstić information content (AvgIpc) is 3.26. The van der Waals surface area contributed by atoms with Gasteiger partial charge in [-0.05, 0) is 37.7 Å². The van der Waals surface area contributed by atoms with Gasteiger partial charge in [0.15, 0.2) is 0 Å². The van der Waals surface area contributed by atoms with E-state index in [0.717, 1.165) is 19.4 Å². The lowest BCUT2D eigenvalue weighted by molar-refractivity contribution is -0.384. The van der Waals surface area contributed by atoms with Gasteiger partial charge in [-0.1, -0.05) is 17.7 Å². The molecule has 1 aromatic rings. The number of rotatable bonds is 5. The summed E-state index contributed by atoms with van der Waals surface area (Å²) in [5.41, 5.74) is 0.0353. The zero-order chi connectivity index (χ0) is 14.3. The Morgan fingerprint density at radius 3 is 2.60 bits per heavy atom. The van der Waals surface area contributed by atoms with Crippen LogP contribution in [0.4, 0.5) is 5.69 Å². The topological polar surface area (TPSA) is 63.4 Å². The maximum Gasteiger partial charge on any atom is 0.288 e. The number of carbonyl (C=O) groups excluding carboxylic acids is 1. The van der Waals surface area contributed by atoms with E-state index < -0.39 is 4.92 Å². The lowest BCUT2D eigenvalue weighted by Crippen LogP contribution is -2.35. The maximum atomic E-state index is 12.6. The van der Waals surface area contributed by atoms with Gasteiger partial charge in [0.2, 0.25) is 0 Å². The van der Waals surface area contributed by atoms with Crippen LogP contribution in [-0.4, -0.2) is 28.3 Å². The van der Waals surface area contributed by atoms with E-state index >= 15 is 0 Å². The van der Waals surface area contributed by atoms with Gasteiger partial charge in [0.05, 0.1) is 10.5 Å². The number of hydrogen-bond acceptors (Lipinski definition) is 3. The van der Waals surface area contributed by atoms with Gasteiger partial charge < -0.3 is 4.90 Å². The number of amides is 1. The van der Waals surface area contributed by atoms with Crippen molar-refractivity contribution in [1.82, 2.24) is 4.90 Å². The van der Waals surface area contributed by atoms with Gasteiger partial charge in [-0.15, -0.1) is 0 Å². The highest BCUT2D eigenvalue weighted by molar-refractivity contribution is 6.35. The molecule has 1 amide bonds. The molecule has 0 atom stereocenters. The smallest absolute Gasteiger partial charge is 0.288 e. The third-order valence-electron chi connectivity index (χ3n) is 3.81. The normalized spacial score (nSPS) is 17.9. The van der Waals surface area contributed by atoms with Crippen LogP contribution < -0.4 is 0 Å². The first kappa shape index (κ1) is 13.4. The van der Waals surface area contributed by atoms with Crippen LogP contribution in [0, 0.1) is 16.0 Å². The fraction of sp³-hybridized carbons (Fsp3) is 0.500. The molecule has 2 aliphatic carbocycles. The minimum absolute atomic E-state index is 0.0519. The number of nitro benzene ring substituents is 1. The molecule has 0 aromatic heterocycles. The van der Waals surface area contributed by atoms with Gasteiger partial charge in [-0.2, -0.15) is 0 Å². The zero-order valence-corrected chi connectivity index (χ0v) is 11.7. The average molecular weight is 295 g/mol. The van der Waals surface area contributed by atoms with Gasteiger partial charge in [-0.3, -0.25) is 14.9 Å². The summed E-state index contributed by atoms with van der Waals surface area (Å²) in [4.78, 5) is 24.8. The Hall–Kier alpha value is -1.62. The first-order valence-electron chi connectivity index (χ1n) is 6.82. The third kappa shape index (κ3) is 2.63. The highest BCUT2D eigenvalue weighted by Gasteiger charge is 2.38. The molecule has 20 heavy (non-hydrogen) atoms. The monoisotopic (exact) mass is 294 g/mol. The van der Waals surface area contributed by atoms with Crippen molar-refractivity contribution in [3.05, 3.63) is 38.9 Å². The van der Waals surface area contributed by atoms with E-state index in [1.54, 1.807) is 6.07 Å². The SMILES string of the molecule is O=C(c1cccc([N+](=O)[O-])c1Cl)N(CC1CC1)C1CC1. The van der Waals surface area contributed by atoms with E-state index in [1.165, 1.54) is 25.0 Å². The summed E-state index contributed by atoms with van der Waals surface area (Å²) in [5, 5.41) is 10.8. The number of halogens is 1. The predicted molar refractivity (Wildman–Crippen MR) is 74.9 cm³/mol. The van der Waals surface area contributed by atoms with E-state index in [1.807, 2.05) is 4.90 Å². The molecule has 0 N–H and O–H groups in total. The molecule has 2 saturated carbocycles. The number of hydrogen-bond donors (Lipinski definition) is 0. The van der Waals surface area contributed by atoms with Crippen LogP contribution in [0.5, 0.6) is 0 Å². The molecule has 2 aliphatic rings. The van der Waals surface area contributed by atoms with Crippen molar-refractivity contribution in [3.8, 4) is 0 Å². The summed E-state index contributed by atoms with van der Waals surface area (Å²) < 4.78 is 0. The summed E-state index contributed by atoms with van der Waals surface area (Å²) in [7, 11) is 0. The van der Waals surface area contributed by atoms with E-state index in [0.29, 0.717) is 12.0 Å². The van der Waals surface area contributed by atoms with Gasteiger partial charge in [0, 0.05) is 18.7 Å². The predicted octanol–water partition coefficient (Wildman–Crippen LogP) is 3.26. The second kappa shape index (κ2) is 5.05. The van der Waals surface area contributed by atoms with Crippen molar-refractivity contribution in [3.63, 3.8) is 0 Å². The molecule has 0 aliphatic heterocycles. The molecular weight excluding hydrogens is 280 g/mol. The highest BCUT2D eigenvalue weighted by atomic mass is 35.5. The standard InChI is InChI=1S/C14H15ClN2O3/c15-13-11(2-1-3-12(13)17(19)20)14(18)16(10-6-7-10)8-9-4-5-9/h1-3,9-10H,4-8H2. The van der Waals surface area contributed by atoms with E-state index in [4.69, 9.17) is 11.6 Å². The van der Waals surface area contributed by atoms with Gasteiger partial charge in [0.25, 0.3) is 11.6 Å². The second-order valence-corrected chi connectivity index (χ2v) is 5.91. The molecule has 0 heterocycles. The number of carbonyl (C=O) groups is 1. The quantitative estimate of drug-likeness (QED) is 0.618. The van der Waals surface area contributed by atoms with Crippen molar-refractivity contribution in [1.29, 1.82) is 0 Å². The Labute approximate surface area is 121 Å². The number of nitrogens with zero attached hydrogens (tertiary/aromatic N) is 2. The van der Waals surface area contributed by atoms with Crippen molar-refractivity contribution in [2.24, 2.45) is 5.92 Å².